The highest BCUT2D eigenvalue weighted by atomic mass is 32.2. The summed E-state index contributed by atoms with van der Waals surface area (Å²) in [4.78, 5) is 11.8. The van der Waals surface area contributed by atoms with Gasteiger partial charge in [-0.25, -0.2) is 17.9 Å². The fourth-order valence-corrected chi connectivity index (χ4v) is 4.12. The number of nitrogens with one attached hydrogen (secondary N) is 2. The minimum absolute atomic E-state index is 0.0468. The summed E-state index contributed by atoms with van der Waals surface area (Å²) in [7, 11) is -3.76. The Hall–Kier alpha value is -2.32. The van der Waals surface area contributed by atoms with Crippen molar-refractivity contribution in [2.75, 3.05) is 19.7 Å². The van der Waals surface area contributed by atoms with E-state index in [1.165, 1.54) is 0 Å². The molecule has 1 amide bonds. The van der Waals surface area contributed by atoms with Crippen molar-refractivity contribution in [1.29, 1.82) is 0 Å². The molecule has 0 spiro atoms. The number of hydrogen-bond acceptors (Lipinski definition) is 5. The zero-order valence-electron chi connectivity index (χ0n) is 18.2. The van der Waals surface area contributed by atoms with Gasteiger partial charge in [0.05, 0.1) is 11.5 Å². The number of benzene rings is 2. The van der Waals surface area contributed by atoms with Gasteiger partial charge in [-0.05, 0) is 39.3 Å². The van der Waals surface area contributed by atoms with E-state index in [2.05, 4.69) is 17.0 Å². The van der Waals surface area contributed by atoms with Crippen LogP contribution in [0.25, 0.3) is 10.8 Å². The molecule has 2 aromatic rings. The molecule has 0 aliphatic heterocycles. The molecule has 0 atom stereocenters. The van der Waals surface area contributed by atoms with E-state index in [9.17, 15) is 13.2 Å². The summed E-state index contributed by atoms with van der Waals surface area (Å²) < 4.78 is 39.2. The van der Waals surface area contributed by atoms with Crippen molar-refractivity contribution in [2.24, 2.45) is 0 Å². The zero-order valence-corrected chi connectivity index (χ0v) is 19.0. The molecular weight excluding hydrogens is 404 g/mol. The number of hydrogen-bond donors (Lipinski definition) is 2. The van der Waals surface area contributed by atoms with Crippen LogP contribution in [0, 0.1) is 0 Å². The second-order valence-electron chi connectivity index (χ2n) is 7.99. The Morgan fingerprint density at radius 2 is 1.70 bits per heavy atom. The molecule has 2 N–H and O–H groups in total. The molecule has 166 valence electrons. The molecule has 0 saturated heterocycles. The summed E-state index contributed by atoms with van der Waals surface area (Å²) >= 11 is 0. The fourth-order valence-electron chi connectivity index (χ4n) is 2.88. The predicted octanol–water partition coefficient (Wildman–Crippen LogP) is 4.21. The number of sulfonamides is 1. The van der Waals surface area contributed by atoms with Crippen LogP contribution in [-0.4, -0.2) is 39.8 Å². The zero-order chi connectivity index (χ0) is 22.2. The Kier molecular flexibility index (Phi) is 8.49. The van der Waals surface area contributed by atoms with E-state index < -0.39 is 21.7 Å². The quantitative estimate of drug-likeness (QED) is 0.544. The van der Waals surface area contributed by atoms with Crippen LogP contribution >= 0.6 is 0 Å². The summed E-state index contributed by atoms with van der Waals surface area (Å²) in [5.74, 6) is 0.673. The van der Waals surface area contributed by atoms with Gasteiger partial charge in [-0.3, -0.25) is 0 Å². The summed E-state index contributed by atoms with van der Waals surface area (Å²) in [5, 5.41) is 3.88. The van der Waals surface area contributed by atoms with Crippen molar-refractivity contribution in [3.05, 3.63) is 36.4 Å². The minimum atomic E-state index is -3.76. The smallest absolute Gasteiger partial charge is 0.407 e. The van der Waals surface area contributed by atoms with Crippen LogP contribution in [0.5, 0.6) is 5.75 Å². The third kappa shape index (κ3) is 7.18. The van der Waals surface area contributed by atoms with Gasteiger partial charge in [0.25, 0.3) is 0 Å². The van der Waals surface area contributed by atoms with E-state index in [1.807, 2.05) is 12.1 Å². The number of unbranched alkanes of at least 4 members (excludes halogenated alkanes) is 2. The van der Waals surface area contributed by atoms with Crippen LogP contribution in [0.15, 0.2) is 41.3 Å². The predicted molar refractivity (Wildman–Crippen MR) is 118 cm³/mol. The fraction of sp³-hybridized carbons (Fsp3) is 0.500. The molecule has 2 rings (SSSR count). The van der Waals surface area contributed by atoms with Crippen molar-refractivity contribution in [1.82, 2.24) is 10.0 Å². The van der Waals surface area contributed by atoms with Gasteiger partial charge in [-0.1, -0.05) is 44.0 Å². The van der Waals surface area contributed by atoms with Crippen molar-refractivity contribution in [3.8, 4) is 5.75 Å². The van der Waals surface area contributed by atoms with Crippen LogP contribution in [0.2, 0.25) is 0 Å². The first kappa shape index (κ1) is 24.0. The minimum Gasteiger partial charge on any atom is -0.493 e. The molecule has 0 aliphatic rings. The summed E-state index contributed by atoms with van der Waals surface area (Å²) in [6.07, 6.45) is 2.56. The third-order valence-electron chi connectivity index (χ3n) is 4.22. The lowest BCUT2D eigenvalue weighted by Gasteiger charge is -2.19. The van der Waals surface area contributed by atoms with Gasteiger partial charge >= 0.3 is 6.09 Å². The van der Waals surface area contributed by atoms with E-state index in [-0.39, 0.29) is 18.0 Å². The van der Waals surface area contributed by atoms with E-state index >= 15 is 0 Å². The number of amides is 1. The molecule has 0 bridgehead atoms. The first-order valence-electron chi connectivity index (χ1n) is 10.2. The Labute approximate surface area is 179 Å². The molecule has 7 nitrogen and oxygen atoms in total. The third-order valence-corrected chi connectivity index (χ3v) is 5.74. The molecule has 8 heteroatoms. The van der Waals surface area contributed by atoms with Gasteiger partial charge < -0.3 is 14.8 Å². The van der Waals surface area contributed by atoms with Gasteiger partial charge in [0.2, 0.25) is 10.0 Å². The van der Waals surface area contributed by atoms with Crippen LogP contribution in [-0.2, 0) is 14.8 Å². The Morgan fingerprint density at radius 1 is 1.00 bits per heavy atom. The molecule has 30 heavy (non-hydrogen) atoms. The lowest BCUT2D eigenvalue weighted by Crippen LogP contribution is -2.37. The number of fused-ring (bicyclic) bond motifs is 1. The Bertz CT molecular complexity index is 952. The molecular formula is C22H32N2O5S. The van der Waals surface area contributed by atoms with Gasteiger partial charge in [-0.15, -0.1) is 0 Å². The highest BCUT2D eigenvalue weighted by molar-refractivity contribution is 7.89. The number of alkyl carbamates (subject to hydrolysis) is 1. The maximum atomic E-state index is 12.8. The first-order valence-corrected chi connectivity index (χ1v) is 11.7. The highest BCUT2D eigenvalue weighted by Crippen LogP contribution is 2.31. The maximum Gasteiger partial charge on any atom is 0.407 e. The molecule has 0 aromatic heterocycles. The molecule has 0 unspecified atom stereocenters. The average molecular weight is 437 g/mol. The second-order valence-corrected chi connectivity index (χ2v) is 9.72. The first-order chi connectivity index (χ1) is 14.1. The Morgan fingerprint density at radius 3 is 2.37 bits per heavy atom. The largest absolute Gasteiger partial charge is 0.493 e. The summed E-state index contributed by atoms with van der Waals surface area (Å²) in [5.41, 5.74) is -0.608. The molecule has 0 aliphatic carbocycles. The second kappa shape index (κ2) is 10.6. The standard InChI is InChI=1S/C22H32N2O5S/c1-5-6-9-16-28-19-12-13-20(18-11-8-7-10-17(18)19)30(26,27)24-15-14-23-21(25)29-22(2,3)4/h7-8,10-13,24H,5-6,9,14-16H2,1-4H3,(H,23,25). The van der Waals surface area contributed by atoms with Crippen molar-refractivity contribution < 1.29 is 22.7 Å². The molecule has 0 radical (unpaired) electrons. The van der Waals surface area contributed by atoms with Crippen molar-refractivity contribution >= 4 is 26.9 Å². The number of carbonyl (C=O) groups is 1. The SMILES string of the molecule is CCCCCOc1ccc(S(=O)(=O)NCCNC(=O)OC(C)(C)C)c2ccccc12. The van der Waals surface area contributed by atoms with Crippen LogP contribution < -0.4 is 14.8 Å². The Balaban J connectivity index is 2.06. The normalized spacial score (nSPS) is 12.0. The molecule has 0 fully saturated rings. The van der Waals surface area contributed by atoms with Crippen molar-refractivity contribution in [3.63, 3.8) is 0 Å². The van der Waals surface area contributed by atoms with E-state index in [4.69, 9.17) is 9.47 Å². The lowest BCUT2D eigenvalue weighted by molar-refractivity contribution is 0.0529. The molecule has 0 heterocycles. The number of ether oxygens (including phenoxy) is 2. The maximum absolute atomic E-state index is 12.8. The number of rotatable bonds is 10. The van der Waals surface area contributed by atoms with Crippen LogP contribution in [0.4, 0.5) is 4.79 Å². The van der Waals surface area contributed by atoms with E-state index in [1.54, 1.807) is 45.0 Å². The molecule has 2 aromatic carbocycles. The van der Waals surface area contributed by atoms with E-state index in [0.717, 1.165) is 24.6 Å². The van der Waals surface area contributed by atoms with Gasteiger partial charge in [0, 0.05) is 23.9 Å². The van der Waals surface area contributed by atoms with Gasteiger partial charge in [0.1, 0.15) is 11.4 Å². The van der Waals surface area contributed by atoms with Crippen LogP contribution in [0.3, 0.4) is 0 Å². The van der Waals surface area contributed by atoms with Gasteiger partial charge in [0.15, 0.2) is 0 Å². The molecule has 0 saturated carbocycles. The van der Waals surface area contributed by atoms with E-state index in [0.29, 0.717) is 17.7 Å². The average Bonchev–Trinajstić information content (AvgIpc) is 2.67. The lowest BCUT2D eigenvalue weighted by atomic mass is 10.1. The monoisotopic (exact) mass is 436 g/mol. The van der Waals surface area contributed by atoms with Crippen molar-refractivity contribution in [2.45, 2.75) is 57.5 Å². The number of carbonyl (C=O) groups excluding carboxylic acids is 1. The van der Waals surface area contributed by atoms with Gasteiger partial charge in [-0.2, -0.15) is 0 Å². The highest BCUT2D eigenvalue weighted by Gasteiger charge is 2.19. The summed E-state index contributed by atoms with van der Waals surface area (Å²) in [6.45, 7) is 8.17. The topological polar surface area (TPSA) is 93.7 Å². The summed E-state index contributed by atoms with van der Waals surface area (Å²) in [6, 6.07) is 10.5. The van der Waals surface area contributed by atoms with Crippen LogP contribution in [0.1, 0.15) is 47.0 Å².